The van der Waals surface area contributed by atoms with Crippen molar-refractivity contribution in [1.82, 2.24) is 0 Å². The molecule has 0 aliphatic heterocycles. The van der Waals surface area contributed by atoms with Gasteiger partial charge in [0.2, 0.25) is 0 Å². The van der Waals surface area contributed by atoms with E-state index in [1.54, 1.807) is 13.0 Å². The number of rotatable bonds is 6. The molecule has 0 unspecified atom stereocenters. The summed E-state index contributed by atoms with van der Waals surface area (Å²) >= 11 is 0. The molecule has 0 bridgehead atoms. The number of carbonyl (C=O) groups is 1. The van der Waals surface area contributed by atoms with Crippen molar-refractivity contribution in [2.24, 2.45) is 0 Å². The van der Waals surface area contributed by atoms with E-state index in [-0.39, 0.29) is 23.8 Å². The number of ketones is 1. The third-order valence-corrected chi connectivity index (χ3v) is 2.15. The molecule has 1 aromatic rings. The van der Waals surface area contributed by atoms with E-state index in [2.05, 4.69) is 0 Å². The molecule has 1 rings (SSSR count). The molecule has 0 aliphatic rings. The summed E-state index contributed by atoms with van der Waals surface area (Å²) in [7, 11) is 1.42. The van der Waals surface area contributed by atoms with Crippen molar-refractivity contribution in [1.29, 1.82) is 0 Å². The smallest absolute Gasteiger partial charge is 0.314 e. The monoisotopic (exact) mass is 239 g/mol. The summed E-state index contributed by atoms with van der Waals surface area (Å²) in [6.45, 7) is 1.54. The molecule has 0 spiro atoms. The molecule has 0 atom stereocenters. The van der Waals surface area contributed by atoms with E-state index in [0.717, 1.165) is 0 Å². The first-order chi connectivity index (χ1) is 8.08. The van der Waals surface area contributed by atoms with Gasteiger partial charge in [-0.05, 0) is 12.1 Å². The molecule has 0 saturated heterocycles. The highest BCUT2D eigenvalue weighted by Crippen LogP contribution is 2.30. The van der Waals surface area contributed by atoms with Crippen LogP contribution in [0.25, 0.3) is 0 Å². The van der Waals surface area contributed by atoms with Gasteiger partial charge < -0.3 is 9.47 Å². The fourth-order valence-electron chi connectivity index (χ4n) is 1.15. The van der Waals surface area contributed by atoms with Gasteiger partial charge in [-0.15, -0.1) is 0 Å². The largest absolute Gasteiger partial charge is 0.496 e. The number of methoxy groups -OCH3 is 1. The van der Waals surface area contributed by atoms with Crippen LogP contribution < -0.4 is 9.47 Å². The van der Waals surface area contributed by atoms with Gasteiger partial charge in [-0.25, -0.2) is 0 Å². The predicted molar refractivity (Wildman–Crippen MR) is 60.4 cm³/mol. The lowest BCUT2D eigenvalue weighted by atomic mass is 10.2. The number of benzene rings is 1. The van der Waals surface area contributed by atoms with E-state index in [9.17, 15) is 14.9 Å². The van der Waals surface area contributed by atoms with E-state index >= 15 is 0 Å². The van der Waals surface area contributed by atoms with Crippen LogP contribution in [0.3, 0.4) is 0 Å². The lowest BCUT2D eigenvalue weighted by Gasteiger charge is -2.06. The maximum absolute atomic E-state index is 11.1. The molecule has 0 fully saturated rings. The standard InChI is InChI=1S/C11H13NO5/c1-3-8(13)7-17-11-5-4-9(16-2)6-10(11)12(14)15/h4-6H,3,7H2,1-2H3. The Morgan fingerprint density at radius 3 is 2.71 bits per heavy atom. The molecule has 0 heterocycles. The van der Waals surface area contributed by atoms with Crippen LogP contribution in [0.4, 0.5) is 5.69 Å². The van der Waals surface area contributed by atoms with Crippen molar-refractivity contribution in [3.63, 3.8) is 0 Å². The summed E-state index contributed by atoms with van der Waals surface area (Å²) in [5, 5.41) is 10.8. The maximum Gasteiger partial charge on any atom is 0.314 e. The Kier molecular flexibility index (Phi) is 4.45. The van der Waals surface area contributed by atoms with Crippen LogP contribution in [0.15, 0.2) is 18.2 Å². The number of Topliss-reactive ketones (excluding diaryl/α,β-unsaturated/α-hetero) is 1. The van der Waals surface area contributed by atoms with Gasteiger partial charge in [0.1, 0.15) is 12.4 Å². The molecular weight excluding hydrogens is 226 g/mol. The van der Waals surface area contributed by atoms with E-state index in [4.69, 9.17) is 9.47 Å². The highest BCUT2D eigenvalue weighted by atomic mass is 16.6. The van der Waals surface area contributed by atoms with Crippen LogP contribution in [0, 0.1) is 10.1 Å². The highest BCUT2D eigenvalue weighted by molar-refractivity contribution is 5.79. The molecule has 0 saturated carbocycles. The van der Waals surface area contributed by atoms with Crippen LogP contribution in [0.1, 0.15) is 13.3 Å². The molecule has 0 N–H and O–H groups in total. The first-order valence-electron chi connectivity index (χ1n) is 5.05. The second-order valence-corrected chi connectivity index (χ2v) is 3.27. The molecule has 6 nitrogen and oxygen atoms in total. The Bertz CT molecular complexity index is 430. The van der Waals surface area contributed by atoms with E-state index in [0.29, 0.717) is 12.2 Å². The molecule has 17 heavy (non-hydrogen) atoms. The zero-order valence-corrected chi connectivity index (χ0v) is 9.63. The first-order valence-corrected chi connectivity index (χ1v) is 5.05. The maximum atomic E-state index is 11.1. The topological polar surface area (TPSA) is 78.7 Å². The summed E-state index contributed by atoms with van der Waals surface area (Å²) in [5.74, 6) is 0.318. The summed E-state index contributed by atoms with van der Waals surface area (Å²) < 4.78 is 9.98. The average molecular weight is 239 g/mol. The van der Waals surface area contributed by atoms with E-state index in [1.165, 1.54) is 19.2 Å². The number of nitrogens with zero attached hydrogens (tertiary/aromatic N) is 1. The molecule has 0 radical (unpaired) electrons. The van der Waals surface area contributed by atoms with Crippen molar-refractivity contribution < 1.29 is 19.2 Å². The molecule has 6 heteroatoms. The van der Waals surface area contributed by atoms with Gasteiger partial charge in [-0.2, -0.15) is 0 Å². The van der Waals surface area contributed by atoms with Gasteiger partial charge in [0.15, 0.2) is 11.5 Å². The van der Waals surface area contributed by atoms with Crippen molar-refractivity contribution in [2.75, 3.05) is 13.7 Å². The van der Waals surface area contributed by atoms with Gasteiger partial charge >= 0.3 is 5.69 Å². The molecule has 92 valence electrons. The second kappa shape index (κ2) is 5.83. The van der Waals surface area contributed by atoms with Crippen LogP contribution in [0.5, 0.6) is 11.5 Å². The molecule has 0 aromatic heterocycles. The fourth-order valence-corrected chi connectivity index (χ4v) is 1.15. The van der Waals surface area contributed by atoms with Crippen molar-refractivity contribution in [3.05, 3.63) is 28.3 Å². The summed E-state index contributed by atoms with van der Waals surface area (Å²) in [4.78, 5) is 21.3. The summed E-state index contributed by atoms with van der Waals surface area (Å²) in [6.07, 6.45) is 0.337. The number of ether oxygens (including phenoxy) is 2. The number of nitro benzene ring substituents is 1. The van der Waals surface area contributed by atoms with Crippen molar-refractivity contribution in [3.8, 4) is 11.5 Å². The summed E-state index contributed by atoms with van der Waals surface area (Å²) in [6, 6.07) is 4.21. The second-order valence-electron chi connectivity index (χ2n) is 3.27. The Balaban J connectivity index is 2.90. The lowest BCUT2D eigenvalue weighted by Crippen LogP contribution is -2.10. The zero-order chi connectivity index (χ0) is 12.8. The van der Waals surface area contributed by atoms with Gasteiger partial charge in [0.05, 0.1) is 18.1 Å². The van der Waals surface area contributed by atoms with Gasteiger partial charge in [0, 0.05) is 6.42 Å². The Hall–Kier alpha value is -2.11. The first kappa shape index (κ1) is 13.0. The summed E-state index contributed by atoms with van der Waals surface area (Å²) in [5.41, 5.74) is -0.215. The van der Waals surface area contributed by atoms with Crippen molar-refractivity contribution in [2.45, 2.75) is 13.3 Å². The predicted octanol–water partition coefficient (Wildman–Crippen LogP) is 1.96. The number of carbonyl (C=O) groups excluding carboxylic acids is 1. The van der Waals surface area contributed by atoms with E-state index < -0.39 is 4.92 Å². The Morgan fingerprint density at radius 2 is 2.18 bits per heavy atom. The minimum absolute atomic E-state index is 0.0672. The van der Waals surface area contributed by atoms with Crippen LogP contribution in [-0.4, -0.2) is 24.4 Å². The third-order valence-electron chi connectivity index (χ3n) is 2.15. The number of hydrogen-bond acceptors (Lipinski definition) is 5. The quantitative estimate of drug-likeness (QED) is 0.560. The van der Waals surface area contributed by atoms with E-state index in [1.807, 2.05) is 0 Å². The van der Waals surface area contributed by atoms with Gasteiger partial charge in [-0.1, -0.05) is 6.92 Å². The SMILES string of the molecule is CCC(=O)COc1ccc(OC)cc1[N+](=O)[O-]. The van der Waals surface area contributed by atoms with Gasteiger partial charge in [-0.3, -0.25) is 14.9 Å². The highest BCUT2D eigenvalue weighted by Gasteiger charge is 2.17. The molecule has 1 aromatic carbocycles. The number of nitro groups is 1. The molecular formula is C11H13NO5. The average Bonchev–Trinajstić information content (AvgIpc) is 2.35. The lowest BCUT2D eigenvalue weighted by molar-refractivity contribution is -0.385. The Morgan fingerprint density at radius 1 is 1.47 bits per heavy atom. The third kappa shape index (κ3) is 3.44. The number of hydrogen-bond donors (Lipinski definition) is 0. The zero-order valence-electron chi connectivity index (χ0n) is 9.63. The minimum atomic E-state index is -0.575. The minimum Gasteiger partial charge on any atom is -0.496 e. The molecule has 0 amide bonds. The van der Waals surface area contributed by atoms with Crippen molar-refractivity contribution >= 4 is 11.5 Å². The Labute approximate surface area is 98.3 Å². The molecule has 0 aliphatic carbocycles. The van der Waals surface area contributed by atoms with Crippen LogP contribution >= 0.6 is 0 Å². The van der Waals surface area contributed by atoms with Gasteiger partial charge in [0.25, 0.3) is 0 Å². The van der Waals surface area contributed by atoms with Crippen LogP contribution in [-0.2, 0) is 4.79 Å². The van der Waals surface area contributed by atoms with Crippen LogP contribution in [0.2, 0.25) is 0 Å². The fraction of sp³-hybridized carbons (Fsp3) is 0.364. The normalized spacial score (nSPS) is 9.76.